The highest BCUT2D eigenvalue weighted by Gasteiger charge is 2.25. The molecule has 0 spiro atoms. The first kappa shape index (κ1) is 13.7. The van der Waals surface area contributed by atoms with Crippen molar-refractivity contribution >= 4 is 21.8 Å². The zero-order valence-corrected chi connectivity index (χ0v) is 13.8. The molecule has 0 saturated heterocycles. The number of rotatable bonds is 1. The summed E-state index contributed by atoms with van der Waals surface area (Å²) in [6, 6.07) is 4.18. The number of nitrogens with one attached hydrogen (secondary N) is 2. The van der Waals surface area contributed by atoms with E-state index in [1.807, 2.05) is 12.4 Å². The van der Waals surface area contributed by atoms with Crippen LogP contribution in [-0.4, -0.2) is 25.4 Å². The van der Waals surface area contributed by atoms with Crippen molar-refractivity contribution in [3.8, 4) is 11.3 Å². The molecule has 3 heterocycles. The van der Waals surface area contributed by atoms with Gasteiger partial charge in [0.25, 0.3) is 0 Å². The van der Waals surface area contributed by atoms with Crippen LogP contribution in [0.4, 0.5) is 0 Å². The van der Waals surface area contributed by atoms with Crippen LogP contribution < -0.4 is 0 Å². The molecular formula is C19H19N5. The lowest BCUT2D eigenvalue weighted by Gasteiger charge is -2.25. The van der Waals surface area contributed by atoms with Crippen LogP contribution in [0.1, 0.15) is 30.2 Å². The van der Waals surface area contributed by atoms with Gasteiger partial charge in [-0.3, -0.25) is 10.2 Å². The average molecular weight is 317 g/mol. The van der Waals surface area contributed by atoms with Crippen LogP contribution in [0.15, 0.2) is 24.5 Å². The monoisotopic (exact) mass is 317 g/mol. The maximum atomic E-state index is 5.05. The minimum atomic E-state index is 0.686. The van der Waals surface area contributed by atoms with Crippen molar-refractivity contribution < 1.29 is 0 Å². The minimum Gasteiger partial charge on any atom is -0.282 e. The van der Waals surface area contributed by atoms with Gasteiger partial charge >= 0.3 is 0 Å². The molecule has 0 radical (unpaired) electrons. The van der Waals surface area contributed by atoms with Gasteiger partial charge in [-0.1, -0.05) is 6.92 Å². The second-order valence-corrected chi connectivity index (χ2v) is 6.97. The zero-order chi connectivity index (χ0) is 16.3. The first-order valence-electron chi connectivity index (χ1n) is 8.50. The van der Waals surface area contributed by atoms with Crippen LogP contribution in [0.2, 0.25) is 0 Å². The molecule has 0 saturated carbocycles. The Morgan fingerprint density at radius 1 is 1.08 bits per heavy atom. The third-order valence-electron chi connectivity index (χ3n) is 5.31. The number of nitrogens with zero attached hydrogens (tertiary/aromatic N) is 3. The molecule has 5 rings (SSSR count). The number of aryl methyl sites for hydroxylation is 2. The Balaban J connectivity index is 1.93. The molecule has 0 amide bonds. The Bertz CT molecular complexity index is 1070. The summed E-state index contributed by atoms with van der Waals surface area (Å²) < 4.78 is 0. The van der Waals surface area contributed by atoms with Crippen molar-refractivity contribution in [1.29, 1.82) is 0 Å². The van der Waals surface area contributed by atoms with Crippen molar-refractivity contribution in [2.75, 3.05) is 0 Å². The van der Waals surface area contributed by atoms with E-state index < -0.39 is 0 Å². The fourth-order valence-electron chi connectivity index (χ4n) is 4.05. The van der Waals surface area contributed by atoms with E-state index in [2.05, 4.69) is 46.4 Å². The summed E-state index contributed by atoms with van der Waals surface area (Å²) in [6.07, 6.45) is 7.24. The lowest BCUT2D eigenvalue weighted by atomic mass is 9.81. The Kier molecular flexibility index (Phi) is 2.80. The van der Waals surface area contributed by atoms with Crippen LogP contribution in [0.25, 0.3) is 33.1 Å². The van der Waals surface area contributed by atoms with E-state index in [0.29, 0.717) is 5.92 Å². The molecule has 2 N–H and O–H groups in total. The Morgan fingerprint density at radius 2 is 1.96 bits per heavy atom. The molecule has 0 aliphatic heterocycles. The highest BCUT2D eigenvalue weighted by atomic mass is 15.1. The summed E-state index contributed by atoms with van der Waals surface area (Å²) in [7, 11) is 0. The van der Waals surface area contributed by atoms with Crippen molar-refractivity contribution in [3.05, 3.63) is 41.3 Å². The summed E-state index contributed by atoms with van der Waals surface area (Å²) in [5, 5.41) is 17.0. The predicted molar refractivity (Wildman–Crippen MR) is 94.9 cm³/mol. The van der Waals surface area contributed by atoms with Gasteiger partial charge in [0.2, 0.25) is 0 Å². The van der Waals surface area contributed by atoms with E-state index >= 15 is 0 Å². The largest absolute Gasteiger partial charge is 0.282 e. The number of benzene rings is 1. The SMILES string of the molecule is Cc1[nH]ncc1-c1nc2ccc3[nH]ncc3c2c2c1CC(C)CC2. The lowest BCUT2D eigenvalue weighted by Crippen LogP contribution is -2.14. The number of H-pyrrole nitrogens is 2. The predicted octanol–water partition coefficient (Wildman–Crippen LogP) is 3.93. The molecule has 24 heavy (non-hydrogen) atoms. The fourth-order valence-corrected chi connectivity index (χ4v) is 4.05. The number of fused-ring (bicyclic) bond motifs is 5. The molecular weight excluding hydrogens is 298 g/mol. The van der Waals surface area contributed by atoms with Gasteiger partial charge in [-0.25, -0.2) is 4.98 Å². The zero-order valence-electron chi connectivity index (χ0n) is 13.8. The van der Waals surface area contributed by atoms with Gasteiger partial charge in [0.15, 0.2) is 0 Å². The minimum absolute atomic E-state index is 0.686. The highest BCUT2D eigenvalue weighted by Crippen LogP contribution is 2.39. The molecule has 1 unspecified atom stereocenters. The molecule has 4 aromatic rings. The van der Waals surface area contributed by atoms with Gasteiger partial charge in [0.05, 0.1) is 29.1 Å². The first-order chi connectivity index (χ1) is 11.7. The van der Waals surface area contributed by atoms with Crippen molar-refractivity contribution in [2.45, 2.75) is 33.1 Å². The molecule has 120 valence electrons. The van der Waals surface area contributed by atoms with Gasteiger partial charge in [-0.15, -0.1) is 0 Å². The van der Waals surface area contributed by atoms with Crippen LogP contribution in [0, 0.1) is 12.8 Å². The molecule has 5 nitrogen and oxygen atoms in total. The second kappa shape index (κ2) is 4.90. The van der Waals surface area contributed by atoms with E-state index in [4.69, 9.17) is 4.98 Å². The molecule has 1 aliphatic carbocycles. The molecule has 0 fully saturated rings. The lowest BCUT2D eigenvalue weighted by molar-refractivity contribution is 0.503. The molecule has 0 bridgehead atoms. The van der Waals surface area contributed by atoms with Crippen LogP contribution in [-0.2, 0) is 12.8 Å². The molecule has 5 heteroatoms. The second-order valence-electron chi connectivity index (χ2n) is 6.97. The van der Waals surface area contributed by atoms with E-state index in [-0.39, 0.29) is 0 Å². The fraction of sp³-hybridized carbons (Fsp3) is 0.316. The van der Waals surface area contributed by atoms with Gasteiger partial charge in [-0.2, -0.15) is 10.2 Å². The summed E-state index contributed by atoms with van der Waals surface area (Å²) in [4.78, 5) is 5.05. The van der Waals surface area contributed by atoms with E-state index in [1.54, 1.807) is 0 Å². The maximum Gasteiger partial charge on any atom is 0.0778 e. The highest BCUT2D eigenvalue weighted by molar-refractivity contribution is 6.07. The number of aromatic nitrogens is 5. The number of pyridine rings is 1. The van der Waals surface area contributed by atoms with Gasteiger partial charge in [0.1, 0.15) is 0 Å². The number of hydrogen-bond donors (Lipinski definition) is 2. The third kappa shape index (κ3) is 1.84. The van der Waals surface area contributed by atoms with E-state index in [1.165, 1.54) is 28.3 Å². The number of aromatic amines is 2. The molecule has 1 atom stereocenters. The maximum absolute atomic E-state index is 5.05. The van der Waals surface area contributed by atoms with Gasteiger partial charge < -0.3 is 0 Å². The topological polar surface area (TPSA) is 70.2 Å². The summed E-state index contributed by atoms with van der Waals surface area (Å²) in [6.45, 7) is 4.39. The summed E-state index contributed by atoms with van der Waals surface area (Å²) in [5.41, 5.74) is 8.25. The quantitative estimate of drug-likeness (QED) is 0.559. The Morgan fingerprint density at radius 3 is 2.79 bits per heavy atom. The summed E-state index contributed by atoms with van der Waals surface area (Å²) >= 11 is 0. The van der Waals surface area contributed by atoms with Crippen molar-refractivity contribution in [1.82, 2.24) is 25.4 Å². The van der Waals surface area contributed by atoms with Crippen LogP contribution in [0.5, 0.6) is 0 Å². The van der Waals surface area contributed by atoms with Gasteiger partial charge in [-0.05, 0) is 55.4 Å². The Labute approximate surface area is 139 Å². The molecule has 3 aromatic heterocycles. The standard InChI is InChI=1S/C19H19N5/c1-10-3-4-12-13(7-10)19(14-8-20-23-11(14)2)22-17-6-5-16-15(18(12)17)9-21-24-16/h5-6,8-10H,3-4,7H2,1-2H3,(H,20,23)(H,21,24). The van der Waals surface area contributed by atoms with E-state index in [0.717, 1.165) is 40.8 Å². The average Bonchev–Trinajstić information content (AvgIpc) is 3.22. The van der Waals surface area contributed by atoms with Crippen molar-refractivity contribution in [3.63, 3.8) is 0 Å². The normalized spacial score (nSPS) is 17.5. The van der Waals surface area contributed by atoms with Gasteiger partial charge in [0, 0.05) is 22.0 Å². The molecule has 1 aliphatic rings. The van der Waals surface area contributed by atoms with Crippen LogP contribution in [0.3, 0.4) is 0 Å². The van der Waals surface area contributed by atoms with E-state index in [9.17, 15) is 0 Å². The first-order valence-corrected chi connectivity index (χ1v) is 8.50. The van der Waals surface area contributed by atoms with Crippen molar-refractivity contribution in [2.24, 2.45) is 5.92 Å². The van der Waals surface area contributed by atoms with Crippen LogP contribution >= 0.6 is 0 Å². The smallest absolute Gasteiger partial charge is 0.0778 e. The number of hydrogen-bond acceptors (Lipinski definition) is 3. The third-order valence-corrected chi connectivity index (χ3v) is 5.31. The summed E-state index contributed by atoms with van der Waals surface area (Å²) in [5.74, 6) is 0.686. The Hall–Kier alpha value is -2.69. The molecule has 1 aromatic carbocycles.